The highest BCUT2D eigenvalue weighted by Gasteiger charge is 2.15. The minimum atomic E-state index is -0.607. The number of carbonyl (C=O) groups excluding carboxylic acids is 2. The van der Waals surface area contributed by atoms with Crippen molar-refractivity contribution >= 4 is 22.8 Å². The van der Waals surface area contributed by atoms with Crippen molar-refractivity contribution in [2.24, 2.45) is 0 Å². The first kappa shape index (κ1) is 19.5. The SMILES string of the molecule is Cc1ccc(OCC(=O)OCC(=O)N[C@H](C)c2cc3ccccc3o2)cc1C. The molecule has 1 heterocycles. The van der Waals surface area contributed by atoms with Crippen LogP contribution in [0.4, 0.5) is 0 Å². The van der Waals surface area contributed by atoms with Gasteiger partial charge in [-0.1, -0.05) is 24.3 Å². The van der Waals surface area contributed by atoms with E-state index in [-0.39, 0.29) is 19.3 Å². The highest BCUT2D eigenvalue weighted by Crippen LogP contribution is 2.23. The molecular formula is C22H23NO5. The lowest BCUT2D eigenvalue weighted by Crippen LogP contribution is -2.31. The zero-order valence-corrected chi connectivity index (χ0v) is 16.2. The Bertz CT molecular complexity index is 959. The Balaban J connectivity index is 1.44. The van der Waals surface area contributed by atoms with Gasteiger partial charge in [-0.25, -0.2) is 4.79 Å². The van der Waals surface area contributed by atoms with Gasteiger partial charge >= 0.3 is 5.97 Å². The van der Waals surface area contributed by atoms with Crippen LogP contribution in [0.25, 0.3) is 11.0 Å². The molecular weight excluding hydrogens is 358 g/mol. The zero-order valence-electron chi connectivity index (χ0n) is 16.2. The third kappa shape index (κ3) is 4.91. The second-order valence-electron chi connectivity index (χ2n) is 6.67. The van der Waals surface area contributed by atoms with E-state index in [1.54, 1.807) is 13.0 Å². The van der Waals surface area contributed by atoms with Crippen LogP contribution in [0.1, 0.15) is 29.9 Å². The van der Waals surface area contributed by atoms with E-state index in [1.807, 2.05) is 56.3 Å². The molecule has 1 atom stereocenters. The number of benzene rings is 2. The molecule has 0 spiro atoms. The number of hydrogen-bond donors (Lipinski definition) is 1. The Kier molecular flexibility index (Phi) is 5.99. The second kappa shape index (κ2) is 8.61. The van der Waals surface area contributed by atoms with Crippen LogP contribution in [0.2, 0.25) is 0 Å². The fraction of sp³-hybridized carbons (Fsp3) is 0.273. The Labute approximate surface area is 163 Å². The van der Waals surface area contributed by atoms with Crippen molar-refractivity contribution in [3.63, 3.8) is 0 Å². The molecule has 0 aliphatic heterocycles. The van der Waals surface area contributed by atoms with E-state index in [0.29, 0.717) is 11.5 Å². The Hall–Kier alpha value is -3.28. The molecule has 3 rings (SSSR count). The van der Waals surface area contributed by atoms with E-state index in [9.17, 15) is 9.59 Å². The molecule has 0 aliphatic carbocycles. The molecule has 1 aromatic heterocycles. The van der Waals surface area contributed by atoms with Crippen LogP contribution in [-0.2, 0) is 14.3 Å². The summed E-state index contributed by atoms with van der Waals surface area (Å²) in [4.78, 5) is 23.8. The number of ether oxygens (including phenoxy) is 2. The topological polar surface area (TPSA) is 77.8 Å². The van der Waals surface area contributed by atoms with Crippen molar-refractivity contribution in [3.8, 4) is 5.75 Å². The number of rotatable bonds is 7. The largest absolute Gasteiger partial charge is 0.482 e. The minimum Gasteiger partial charge on any atom is -0.482 e. The van der Waals surface area contributed by atoms with Crippen LogP contribution in [0.15, 0.2) is 52.9 Å². The summed E-state index contributed by atoms with van der Waals surface area (Å²) in [7, 11) is 0. The van der Waals surface area contributed by atoms with E-state index in [1.165, 1.54) is 0 Å². The summed E-state index contributed by atoms with van der Waals surface area (Å²) in [5.74, 6) is 0.208. The maximum Gasteiger partial charge on any atom is 0.344 e. The summed E-state index contributed by atoms with van der Waals surface area (Å²) in [6, 6.07) is 14.7. The number of esters is 1. The van der Waals surface area contributed by atoms with Crippen LogP contribution in [0.5, 0.6) is 5.75 Å². The maximum atomic E-state index is 12.0. The van der Waals surface area contributed by atoms with Gasteiger partial charge in [-0.3, -0.25) is 4.79 Å². The molecule has 0 unspecified atom stereocenters. The molecule has 1 N–H and O–H groups in total. The normalized spacial score (nSPS) is 11.8. The summed E-state index contributed by atoms with van der Waals surface area (Å²) in [5, 5.41) is 3.72. The van der Waals surface area contributed by atoms with Crippen LogP contribution < -0.4 is 10.1 Å². The minimum absolute atomic E-state index is 0.255. The van der Waals surface area contributed by atoms with Gasteiger partial charge in [-0.05, 0) is 56.2 Å². The molecule has 6 nitrogen and oxygen atoms in total. The van der Waals surface area contributed by atoms with Gasteiger partial charge < -0.3 is 19.2 Å². The lowest BCUT2D eigenvalue weighted by atomic mass is 10.1. The van der Waals surface area contributed by atoms with Crippen LogP contribution >= 0.6 is 0 Å². The quantitative estimate of drug-likeness (QED) is 0.629. The maximum absolute atomic E-state index is 12.0. The molecule has 0 saturated heterocycles. The van der Waals surface area contributed by atoms with Crippen molar-refractivity contribution in [1.82, 2.24) is 5.32 Å². The Morgan fingerprint density at radius 2 is 1.82 bits per heavy atom. The number of hydrogen-bond acceptors (Lipinski definition) is 5. The number of carbonyl (C=O) groups is 2. The van der Waals surface area contributed by atoms with Crippen LogP contribution in [0.3, 0.4) is 0 Å². The molecule has 3 aromatic rings. The van der Waals surface area contributed by atoms with E-state index < -0.39 is 11.9 Å². The fourth-order valence-corrected chi connectivity index (χ4v) is 2.70. The van der Waals surface area contributed by atoms with Crippen LogP contribution in [0, 0.1) is 13.8 Å². The first-order chi connectivity index (χ1) is 13.4. The molecule has 0 saturated carbocycles. The summed E-state index contributed by atoms with van der Waals surface area (Å²) >= 11 is 0. The van der Waals surface area contributed by atoms with Gasteiger partial charge in [0.2, 0.25) is 0 Å². The molecule has 146 valence electrons. The molecule has 0 fully saturated rings. The van der Waals surface area contributed by atoms with Crippen molar-refractivity contribution in [3.05, 3.63) is 65.4 Å². The average Bonchev–Trinajstić information content (AvgIpc) is 3.12. The fourth-order valence-electron chi connectivity index (χ4n) is 2.70. The third-order valence-corrected chi connectivity index (χ3v) is 4.45. The van der Waals surface area contributed by atoms with Crippen LogP contribution in [-0.4, -0.2) is 25.1 Å². The Morgan fingerprint density at radius 3 is 2.57 bits per heavy atom. The number of para-hydroxylation sites is 1. The Morgan fingerprint density at radius 1 is 1.04 bits per heavy atom. The van der Waals surface area contributed by atoms with Gasteiger partial charge in [0.15, 0.2) is 13.2 Å². The molecule has 2 aromatic carbocycles. The van der Waals surface area contributed by atoms with Crippen molar-refractivity contribution in [1.29, 1.82) is 0 Å². The monoisotopic (exact) mass is 381 g/mol. The number of nitrogens with one attached hydrogen (secondary N) is 1. The standard InChI is InChI=1S/C22H23NO5/c1-14-8-9-18(10-15(14)2)26-13-22(25)27-12-21(24)23-16(3)20-11-17-6-4-5-7-19(17)28-20/h4-11,16H,12-13H2,1-3H3,(H,23,24)/t16-/m1/s1. The molecule has 0 aliphatic rings. The van der Waals surface area contributed by atoms with Crippen molar-refractivity contribution in [2.45, 2.75) is 26.8 Å². The van der Waals surface area contributed by atoms with E-state index in [2.05, 4.69) is 5.32 Å². The summed E-state index contributed by atoms with van der Waals surface area (Å²) in [5.41, 5.74) is 2.98. The highest BCUT2D eigenvalue weighted by atomic mass is 16.6. The van der Waals surface area contributed by atoms with Gasteiger partial charge in [0.05, 0.1) is 6.04 Å². The molecule has 28 heavy (non-hydrogen) atoms. The smallest absolute Gasteiger partial charge is 0.344 e. The number of aryl methyl sites for hydroxylation is 2. The van der Waals surface area contributed by atoms with E-state index in [4.69, 9.17) is 13.9 Å². The first-order valence-electron chi connectivity index (χ1n) is 9.06. The van der Waals surface area contributed by atoms with Gasteiger partial charge in [0, 0.05) is 5.39 Å². The van der Waals surface area contributed by atoms with Crippen molar-refractivity contribution in [2.75, 3.05) is 13.2 Å². The number of fused-ring (bicyclic) bond motifs is 1. The number of amides is 1. The summed E-state index contributed by atoms with van der Waals surface area (Å²) in [6.07, 6.45) is 0. The lowest BCUT2D eigenvalue weighted by Gasteiger charge is -2.12. The van der Waals surface area contributed by atoms with Gasteiger partial charge in [-0.2, -0.15) is 0 Å². The number of furan rings is 1. The first-order valence-corrected chi connectivity index (χ1v) is 9.06. The summed E-state index contributed by atoms with van der Waals surface area (Å²) in [6.45, 7) is 5.14. The predicted molar refractivity (Wildman–Crippen MR) is 105 cm³/mol. The highest BCUT2D eigenvalue weighted by molar-refractivity contribution is 5.82. The molecule has 0 bridgehead atoms. The molecule has 0 radical (unpaired) electrons. The lowest BCUT2D eigenvalue weighted by molar-refractivity contribution is -0.150. The third-order valence-electron chi connectivity index (χ3n) is 4.45. The predicted octanol–water partition coefficient (Wildman–Crippen LogP) is 3.85. The van der Waals surface area contributed by atoms with Gasteiger partial charge in [-0.15, -0.1) is 0 Å². The summed E-state index contributed by atoms with van der Waals surface area (Å²) < 4.78 is 16.1. The second-order valence-corrected chi connectivity index (χ2v) is 6.67. The average molecular weight is 381 g/mol. The zero-order chi connectivity index (χ0) is 20.1. The van der Waals surface area contributed by atoms with E-state index >= 15 is 0 Å². The van der Waals surface area contributed by atoms with Crippen molar-refractivity contribution < 1.29 is 23.5 Å². The van der Waals surface area contributed by atoms with E-state index in [0.717, 1.165) is 22.1 Å². The molecule has 6 heteroatoms. The van der Waals surface area contributed by atoms with Gasteiger partial charge in [0.1, 0.15) is 17.1 Å². The van der Waals surface area contributed by atoms with Gasteiger partial charge in [0.25, 0.3) is 5.91 Å². The molecule has 1 amide bonds.